The topological polar surface area (TPSA) is 12.0 Å². The number of rotatable bonds is 12. The molecule has 1 N–H and O–H groups in total. The third kappa shape index (κ3) is 7.04. The molecule has 25 heavy (non-hydrogen) atoms. The molecule has 0 radical (unpaired) electrons. The Hall–Kier alpha value is -1.60. The number of unbranched alkanes of at least 4 members (excludes halogenated alkanes) is 2. The Kier molecular flexibility index (Phi) is 9.36. The summed E-state index contributed by atoms with van der Waals surface area (Å²) < 4.78 is 0. The van der Waals surface area contributed by atoms with E-state index < -0.39 is 0 Å². The Labute approximate surface area is 154 Å². The van der Waals surface area contributed by atoms with E-state index in [2.05, 4.69) is 67.7 Å². The Morgan fingerprint density at radius 2 is 0.920 bits per heavy atom. The standard InChI is InChI=1S/C24H35N/c1-3-5-11-21-13-7-9-15-23(21)17-19-25-20-18-24-16-10-8-14-22(24)12-6-4-2/h7-10,13-16,25H,3-6,11-12,17-20H2,1-2H3. The minimum Gasteiger partial charge on any atom is -0.316 e. The zero-order valence-corrected chi connectivity index (χ0v) is 16.2. The summed E-state index contributed by atoms with van der Waals surface area (Å²) in [7, 11) is 0. The fourth-order valence-corrected chi connectivity index (χ4v) is 3.40. The van der Waals surface area contributed by atoms with Gasteiger partial charge in [-0.2, -0.15) is 0 Å². The number of benzene rings is 2. The van der Waals surface area contributed by atoms with Gasteiger partial charge in [0.05, 0.1) is 0 Å². The van der Waals surface area contributed by atoms with Gasteiger partial charge in [0.15, 0.2) is 0 Å². The van der Waals surface area contributed by atoms with Crippen LogP contribution in [0.15, 0.2) is 48.5 Å². The SMILES string of the molecule is CCCCc1ccccc1CCNCCc1ccccc1CCCC. The minimum absolute atomic E-state index is 1.07. The molecule has 0 aliphatic heterocycles. The van der Waals surface area contributed by atoms with Crippen LogP contribution >= 0.6 is 0 Å². The van der Waals surface area contributed by atoms with Crippen LogP contribution in [-0.4, -0.2) is 13.1 Å². The predicted molar refractivity (Wildman–Crippen MR) is 110 cm³/mol. The van der Waals surface area contributed by atoms with Crippen LogP contribution in [0.4, 0.5) is 0 Å². The monoisotopic (exact) mass is 337 g/mol. The highest BCUT2D eigenvalue weighted by molar-refractivity contribution is 5.28. The molecule has 0 aromatic heterocycles. The highest BCUT2D eigenvalue weighted by Crippen LogP contribution is 2.14. The molecular formula is C24H35N. The maximum absolute atomic E-state index is 3.65. The Morgan fingerprint density at radius 3 is 1.28 bits per heavy atom. The maximum Gasteiger partial charge on any atom is -0.000812 e. The van der Waals surface area contributed by atoms with E-state index in [1.54, 1.807) is 0 Å². The van der Waals surface area contributed by atoms with Crippen molar-refractivity contribution in [3.05, 3.63) is 70.8 Å². The Morgan fingerprint density at radius 1 is 0.560 bits per heavy atom. The molecular weight excluding hydrogens is 302 g/mol. The molecule has 0 fully saturated rings. The highest BCUT2D eigenvalue weighted by Gasteiger charge is 2.03. The zero-order valence-electron chi connectivity index (χ0n) is 16.2. The molecule has 0 aliphatic rings. The maximum atomic E-state index is 3.65. The van der Waals surface area contributed by atoms with E-state index in [4.69, 9.17) is 0 Å². The minimum atomic E-state index is 1.07. The van der Waals surface area contributed by atoms with Crippen molar-refractivity contribution in [3.63, 3.8) is 0 Å². The number of nitrogens with one attached hydrogen (secondary N) is 1. The molecule has 1 nitrogen and oxygen atoms in total. The van der Waals surface area contributed by atoms with E-state index in [9.17, 15) is 0 Å². The van der Waals surface area contributed by atoms with Gasteiger partial charge in [0.1, 0.15) is 0 Å². The van der Waals surface area contributed by atoms with Gasteiger partial charge in [-0.05, 0) is 73.9 Å². The van der Waals surface area contributed by atoms with Gasteiger partial charge in [-0.1, -0.05) is 75.2 Å². The van der Waals surface area contributed by atoms with Crippen molar-refractivity contribution in [1.29, 1.82) is 0 Å². The summed E-state index contributed by atoms with van der Waals surface area (Å²) in [5.41, 5.74) is 6.12. The fourth-order valence-electron chi connectivity index (χ4n) is 3.40. The largest absolute Gasteiger partial charge is 0.316 e. The highest BCUT2D eigenvalue weighted by atomic mass is 14.8. The second-order valence-corrected chi connectivity index (χ2v) is 6.99. The Balaban J connectivity index is 1.75. The van der Waals surface area contributed by atoms with Crippen molar-refractivity contribution in [2.24, 2.45) is 0 Å². The number of hydrogen-bond acceptors (Lipinski definition) is 1. The third-order valence-corrected chi connectivity index (χ3v) is 4.98. The van der Waals surface area contributed by atoms with Crippen LogP contribution in [0.1, 0.15) is 61.8 Å². The van der Waals surface area contributed by atoms with Crippen LogP contribution in [0, 0.1) is 0 Å². The van der Waals surface area contributed by atoms with Gasteiger partial charge in [-0.25, -0.2) is 0 Å². The summed E-state index contributed by atoms with van der Waals surface area (Å²) in [5, 5.41) is 3.65. The number of hydrogen-bond donors (Lipinski definition) is 1. The fraction of sp³-hybridized carbons (Fsp3) is 0.500. The first-order valence-electron chi connectivity index (χ1n) is 10.2. The first-order chi connectivity index (χ1) is 12.3. The van der Waals surface area contributed by atoms with Gasteiger partial charge >= 0.3 is 0 Å². The van der Waals surface area contributed by atoms with Crippen molar-refractivity contribution >= 4 is 0 Å². The molecule has 2 aromatic carbocycles. The lowest BCUT2D eigenvalue weighted by Crippen LogP contribution is -2.21. The molecule has 0 heterocycles. The third-order valence-electron chi connectivity index (χ3n) is 4.98. The first-order valence-corrected chi connectivity index (χ1v) is 10.2. The van der Waals surface area contributed by atoms with Gasteiger partial charge in [0, 0.05) is 0 Å². The molecule has 2 aromatic rings. The van der Waals surface area contributed by atoms with Crippen LogP contribution in [0.3, 0.4) is 0 Å². The molecule has 0 saturated heterocycles. The van der Waals surface area contributed by atoms with Crippen LogP contribution < -0.4 is 5.32 Å². The van der Waals surface area contributed by atoms with Crippen LogP contribution in [0.5, 0.6) is 0 Å². The van der Waals surface area contributed by atoms with Crippen LogP contribution in [0.25, 0.3) is 0 Å². The smallest absolute Gasteiger partial charge is 0.000812 e. The second kappa shape index (κ2) is 11.9. The van der Waals surface area contributed by atoms with Gasteiger partial charge in [0.25, 0.3) is 0 Å². The average Bonchev–Trinajstić information content (AvgIpc) is 2.66. The quantitative estimate of drug-likeness (QED) is 0.486. The molecule has 0 spiro atoms. The van der Waals surface area contributed by atoms with E-state index in [1.165, 1.54) is 60.8 Å². The first kappa shape index (κ1) is 19.7. The zero-order chi connectivity index (χ0) is 17.7. The lowest BCUT2D eigenvalue weighted by Gasteiger charge is -2.12. The molecule has 0 unspecified atom stereocenters. The van der Waals surface area contributed by atoms with E-state index in [1.807, 2.05) is 0 Å². The van der Waals surface area contributed by atoms with Gasteiger partial charge in [-0.15, -0.1) is 0 Å². The Bertz CT molecular complexity index is 549. The lowest BCUT2D eigenvalue weighted by molar-refractivity contribution is 0.672. The van der Waals surface area contributed by atoms with Crippen LogP contribution in [0.2, 0.25) is 0 Å². The number of aryl methyl sites for hydroxylation is 2. The predicted octanol–water partition coefficient (Wildman–Crippen LogP) is 5.75. The molecule has 0 atom stereocenters. The van der Waals surface area contributed by atoms with E-state index >= 15 is 0 Å². The van der Waals surface area contributed by atoms with Crippen molar-refractivity contribution < 1.29 is 0 Å². The average molecular weight is 338 g/mol. The summed E-state index contributed by atoms with van der Waals surface area (Å²) in [6.45, 7) is 6.67. The summed E-state index contributed by atoms with van der Waals surface area (Å²) in [6, 6.07) is 17.9. The molecule has 0 aliphatic carbocycles. The summed E-state index contributed by atoms with van der Waals surface area (Å²) in [6.07, 6.45) is 9.83. The molecule has 0 bridgehead atoms. The molecule has 136 valence electrons. The van der Waals surface area contributed by atoms with Crippen molar-refractivity contribution in [1.82, 2.24) is 5.32 Å². The summed E-state index contributed by atoms with van der Waals surface area (Å²) in [4.78, 5) is 0. The molecule has 0 saturated carbocycles. The lowest BCUT2D eigenvalue weighted by atomic mass is 9.99. The van der Waals surface area contributed by atoms with Crippen molar-refractivity contribution in [3.8, 4) is 0 Å². The van der Waals surface area contributed by atoms with Gasteiger partial charge in [0.2, 0.25) is 0 Å². The van der Waals surface area contributed by atoms with Crippen LogP contribution in [-0.2, 0) is 25.7 Å². The molecule has 2 rings (SSSR count). The normalized spacial score (nSPS) is 11.0. The summed E-state index contributed by atoms with van der Waals surface area (Å²) in [5.74, 6) is 0. The molecule has 0 amide bonds. The van der Waals surface area contributed by atoms with Gasteiger partial charge < -0.3 is 5.32 Å². The van der Waals surface area contributed by atoms with E-state index in [0.717, 1.165) is 25.9 Å². The van der Waals surface area contributed by atoms with Crippen molar-refractivity contribution in [2.45, 2.75) is 65.2 Å². The second-order valence-electron chi connectivity index (χ2n) is 6.99. The van der Waals surface area contributed by atoms with Gasteiger partial charge in [-0.3, -0.25) is 0 Å². The molecule has 1 heteroatoms. The van der Waals surface area contributed by atoms with Crippen molar-refractivity contribution in [2.75, 3.05) is 13.1 Å². The van der Waals surface area contributed by atoms with E-state index in [-0.39, 0.29) is 0 Å². The van der Waals surface area contributed by atoms with E-state index in [0.29, 0.717) is 0 Å². The summed E-state index contributed by atoms with van der Waals surface area (Å²) >= 11 is 0.